The Hall–Kier alpha value is -2.85. The van der Waals surface area contributed by atoms with E-state index in [9.17, 15) is 4.39 Å². The molecule has 27 heavy (non-hydrogen) atoms. The minimum atomic E-state index is -0.232. The third-order valence-electron chi connectivity index (χ3n) is 5.21. The average molecular weight is 378 g/mol. The summed E-state index contributed by atoms with van der Waals surface area (Å²) in [5.41, 5.74) is 4.11. The van der Waals surface area contributed by atoms with Gasteiger partial charge in [-0.3, -0.25) is 0 Å². The number of nitrogens with zero attached hydrogens (tertiary/aromatic N) is 2. The molecule has 4 aromatic rings. The summed E-state index contributed by atoms with van der Waals surface area (Å²) in [7, 11) is 0. The smallest absolute Gasteiger partial charge is 0.204 e. The van der Waals surface area contributed by atoms with Gasteiger partial charge in [-0.25, -0.2) is 9.37 Å². The number of imidazole rings is 1. The lowest BCUT2D eigenvalue weighted by Gasteiger charge is -2.34. The largest absolute Gasteiger partial charge is 0.349 e. The van der Waals surface area contributed by atoms with E-state index in [1.165, 1.54) is 12.1 Å². The Labute approximate surface area is 161 Å². The van der Waals surface area contributed by atoms with Crippen LogP contribution < -0.4 is 5.32 Å². The zero-order chi connectivity index (χ0) is 18.4. The minimum absolute atomic E-state index is 0.0242. The Morgan fingerprint density at radius 1 is 0.963 bits per heavy atom. The van der Waals surface area contributed by atoms with Gasteiger partial charge in [-0.2, -0.15) is 0 Å². The number of anilines is 1. The first-order chi connectivity index (χ1) is 13.2. The molecule has 2 atom stereocenters. The Balaban J connectivity index is 1.68. The van der Waals surface area contributed by atoms with E-state index >= 15 is 0 Å². The highest BCUT2D eigenvalue weighted by Gasteiger charge is 2.31. The van der Waals surface area contributed by atoms with E-state index in [0.29, 0.717) is 0 Å². The van der Waals surface area contributed by atoms with E-state index in [1.54, 1.807) is 0 Å². The number of nitrogens with one attached hydrogen (secondary N) is 1. The quantitative estimate of drug-likeness (QED) is 0.466. The lowest BCUT2D eigenvalue weighted by Crippen LogP contribution is -2.27. The number of halogens is 2. The lowest BCUT2D eigenvalue weighted by molar-refractivity contribution is 0.477. The van der Waals surface area contributed by atoms with Gasteiger partial charge in [0.2, 0.25) is 5.95 Å². The van der Waals surface area contributed by atoms with Crippen molar-refractivity contribution in [3.8, 4) is 0 Å². The zero-order valence-electron chi connectivity index (χ0n) is 14.4. The minimum Gasteiger partial charge on any atom is -0.349 e. The van der Waals surface area contributed by atoms with Crippen molar-refractivity contribution >= 4 is 28.6 Å². The summed E-state index contributed by atoms with van der Waals surface area (Å²) in [4.78, 5) is 4.79. The third-order valence-corrected chi connectivity index (χ3v) is 5.55. The fourth-order valence-corrected chi connectivity index (χ4v) is 4.19. The molecule has 0 unspecified atom stereocenters. The Morgan fingerprint density at radius 3 is 2.52 bits per heavy atom. The molecule has 0 radical (unpaired) electrons. The Kier molecular flexibility index (Phi) is 3.87. The molecule has 0 saturated carbocycles. The predicted molar refractivity (Wildman–Crippen MR) is 107 cm³/mol. The first-order valence-electron chi connectivity index (χ1n) is 8.94. The number of aromatic nitrogens is 2. The summed E-state index contributed by atoms with van der Waals surface area (Å²) >= 11 is 6.55. The van der Waals surface area contributed by atoms with Gasteiger partial charge < -0.3 is 9.88 Å². The van der Waals surface area contributed by atoms with Crippen molar-refractivity contribution < 1.29 is 4.39 Å². The topological polar surface area (TPSA) is 29.9 Å². The first kappa shape index (κ1) is 16.3. The molecule has 134 valence electrons. The predicted octanol–water partition coefficient (Wildman–Crippen LogP) is 5.98. The maximum absolute atomic E-state index is 13.4. The van der Waals surface area contributed by atoms with Crippen molar-refractivity contribution in [1.82, 2.24) is 9.55 Å². The molecule has 5 rings (SSSR count). The number of benzene rings is 3. The van der Waals surface area contributed by atoms with Crippen LogP contribution in [0.2, 0.25) is 5.02 Å². The van der Waals surface area contributed by atoms with E-state index in [1.807, 2.05) is 48.5 Å². The molecular formula is C22H17ClFN3. The number of para-hydroxylation sites is 2. The fourth-order valence-electron chi connectivity index (χ4n) is 3.93. The molecule has 1 aliphatic heterocycles. The van der Waals surface area contributed by atoms with Crippen LogP contribution in [0.4, 0.5) is 10.3 Å². The van der Waals surface area contributed by atoms with Gasteiger partial charge in [-0.05, 0) is 47.9 Å². The molecule has 1 N–H and O–H groups in total. The van der Waals surface area contributed by atoms with Gasteiger partial charge in [-0.15, -0.1) is 0 Å². The molecule has 0 fully saturated rings. The maximum Gasteiger partial charge on any atom is 0.204 e. The second-order valence-electron chi connectivity index (χ2n) is 6.82. The van der Waals surface area contributed by atoms with Crippen molar-refractivity contribution in [2.24, 2.45) is 0 Å². The van der Waals surface area contributed by atoms with Gasteiger partial charge in [0.15, 0.2) is 0 Å². The molecule has 3 nitrogen and oxygen atoms in total. The molecular weight excluding hydrogens is 361 g/mol. The summed E-state index contributed by atoms with van der Waals surface area (Å²) < 4.78 is 15.6. The molecule has 1 aromatic heterocycles. The van der Waals surface area contributed by atoms with Crippen molar-refractivity contribution in [3.05, 3.63) is 94.8 Å². The summed E-state index contributed by atoms with van der Waals surface area (Å²) in [6, 6.07) is 22.8. The van der Waals surface area contributed by atoms with Crippen LogP contribution in [0.15, 0.2) is 72.8 Å². The number of hydrogen-bond donors (Lipinski definition) is 1. The van der Waals surface area contributed by atoms with Crippen LogP contribution >= 0.6 is 11.6 Å². The summed E-state index contributed by atoms with van der Waals surface area (Å²) in [5, 5.41) is 4.27. The monoisotopic (exact) mass is 377 g/mol. The maximum atomic E-state index is 13.4. The van der Waals surface area contributed by atoms with Gasteiger partial charge in [0, 0.05) is 5.02 Å². The molecule has 5 heteroatoms. The van der Waals surface area contributed by atoms with Crippen molar-refractivity contribution in [2.45, 2.75) is 18.5 Å². The molecule has 1 aliphatic rings. The van der Waals surface area contributed by atoms with Crippen molar-refractivity contribution in [3.63, 3.8) is 0 Å². The van der Waals surface area contributed by atoms with Gasteiger partial charge in [0.05, 0.1) is 23.1 Å². The number of rotatable bonds is 2. The molecule has 0 spiro atoms. The second kappa shape index (κ2) is 6.39. The van der Waals surface area contributed by atoms with E-state index in [4.69, 9.17) is 16.6 Å². The lowest BCUT2D eigenvalue weighted by atomic mass is 9.93. The highest BCUT2D eigenvalue weighted by atomic mass is 35.5. The van der Waals surface area contributed by atoms with Crippen LogP contribution in [0.5, 0.6) is 0 Å². The van der Waals surface area contributed by atoms with Gasteiger partial charge in [0.25, 0.3) is 0 Å². The SMILES string of the molecule is Fc1ccc([C@@H]2C[C@@H](c3ccccc3Cl)n3c(nc4ccccc43)N2)cc1. The van der Waals surface area contributed by atoms with Crippen LogP contribution in [0.25, 0.3) is 11.0 Å². The first-order valence-corrected chi connectivity index (χ1v) is 9.32. The zero-order valence-corrected chi connectivity index (χ0v) is 15.2. The molecule has 0 saturated heterocycles. The van der Waals surface area contributed by atoms with Crippen molar-refractivity contribution in [2.75, 3.05) is 5.32 Å². The van der Waals surface area contributed by atoms with Gasteiger partial charge >= 0.3 is 0 Å². The van der Waals surface area contributed by atoms with Crippen LogP contribution in [0.1, 0.15) is 29.6 Å². The number of hydrogen-bond acceptors (Lipinski definition) is 2. The summed E-state index contributed by atoms with van der Waals surface area (Å²) in [6.07, 6.45) is 0.794. The highest BCUT2D eigenvalue weighted by Crippen LogP contribution is 2.42. The molecule has 0 bridgehead atoms. The molecule has 3 aromatic carbocycles. The number of fused-ring (bicyclic) bond motifs is 3. The Morgan fingerprint density at radius 2 is 1.70 bits per heavy atom. The average Bonchev–Trinajstić information content (AvgIpc) is 3.07. The summed E-state index contributed by atoms with van der Waals surface area (Å²) in [6.45, 7) is 0. The molecule has 0 aliphatic carbocycles. The van der Waals surface area contributed by atoms with E-state index in [-0.39, 0.29) is 17.9 Å². The van der Waals surface area contributed by atoms with Crippen LogP contribution in [-0.4, -0.2) is 9.55 Å². The van der Waals surface area contributed by atoms with E-state index in [2.05, 4.69) is 22.0 Å². The normalized spacial score (nSPS) is 18.9. The molecule has 2 heterocycles. The van der Waals surface area contributed by atoms with Crippen LogP contribution in [0.3, 0.4) is 0 Å². The molecule has 0 amide bonds. The highest BCUT2D eigenvalue weighted by molar-refractivity contribution is 6.31. The Bertz CT molecular complexity index is 1120. The third kappa shape index (κ3) is 2.77. The van der Waals surface area contributed by atoms with E-state index < -0.39 is 0 Å². The summed E-state index contributed by atoms with van der Waals surface area (Å²) in [5.74, 6) is 0.575. The second-order valence-corrected chi connectivity index (χ2v) is 7.22. The van der Waals surface area contributed by atoms with E-state index in [0.717, 1.165) is 39.6 Å². The van der Waals surface area contributed by atoms with Crippen LogP contribution in [-0.2, 0) is 0 Å². The van der Waals surface area contributed by atoms with Gasteiger partial charge in [0.1, 0.15) is 5.82 Å². The van der Waals surface area contributed by atoms with Gasteiger partial charge in [-0.1, -0.05) is 54.1 Å². The van der Waals surface area contributed by atoms with Crippen molar-refractivity contribution in [1.29, 1.82) is 0 Å². The van der Waals surface area contributed by atoms with Crippen LogP contribution in [0, 0.1) is 5.82 Å². The fraction of sp³-hybridized carbons (Fsp3) is 0.136. The standard InChI is InChI=1S/C22H17ClFN3/c23-17-6-2-1-5-16(17)21-13-19(14-9-11-15(24)12-10-14)26-22-25-18-7-3-4-8-20(18)27(21)22/h1-12,19,21H,13H2,(H,25,26)/t19-,21-/m0/s1.